The maximum absolute atomic E-state index is 6.22. The number of methoxy groups -OCH3 is 1. The van der Waals surface area contributed by atoms with E-state index >= 15 is 0 Å². The molecule has 25 heavy (non-hydrogen) atoms. The first-order valence-corrected chi connectivity index (χ1v) is 8.81. The van der Waals surface area contributed by atoms with E-state index in [1.807, 2.05) is 18.2 Å². The zero-order chi connectivity index (χ0) is 17.6. The predicted octanol–water partition coefficient (Wildman–Crippen LogP) is 5.90. The zero-order valence-electron chi connectivity index (χ0n) is 14.5. The minimum Gasteiger partial charge on any atom is -0.495 e. The van der Waals surface area contributed by atoms with Crippen LogP contribution in [-0.4, -0.2) is 13.7 Å². The number of anilines is 1. The topological polar surface area (TPSA) is 30.5 Å². The van der Waals surface area contributed by atoms with Crippen molar-refractivity contribution in [3.8, 4) is 11.5 Å². The standard InChI is InChI=1S/C21H22ClNO2/c1-3-12-25-20-10-8-15-6-4-5-7-17(15)18(20)14-23-16-9-11-21(24-2)19(22)13-16/h4-11,13,23H,3,12,14H2,1-2H3. The average molecular weight is 356 g/mol. The maximum atomic E-state index is 6.22. The van der Waals surface area contributed by atoms with Crippen LogP contribution in [0.2, 0.25) is 5.02 Å². The Morgan fingerprint density at radius 3 is 2.56 bits per heavy atom. The highest BCUT2D eigenvalue weighted by Crippen LogP contribution is 2.31. The summed E-state index contributed by atoms with van der Waals surface area (Å²) in [5.41, 5.74) is 2.10. The van der Waals surface area contributed by atoms with Gasteiger partial charge in [0.1, 0.15) is 11.5 Å². The second kappa shape index (κ2) is 8.13. The van der Waals surface area contributed by atoms with Crippen LogP contribution in [0.15, 0.2) is 54.6 Å². The van der Waals surface area contributed by atoms with Gasteiger partial charge >= 0.3 is 0 Å². The summed E-state index contributed by atoms with van der Waals surface area (Å²) < 4.78 is 11.2. The van der Waals surface area contributed by atoms with Crippen LogP contribution in [0, 0.1) is 0 Å². The number of ether oxygens (including phenoxy) is 2. The number of halogens is 1. The number of hydrogen-bond acceptors (Lipinski definition) is 3. The molecule has 0 heterocycles. The van der Waals surface area contributed by atoms with Crippen molar-refractivity contribution >= 4 is 28.1 Å². The van der Waals surface area contributed by atoms with Crippen molar-refractivity contribution in [2.75, 3.05) is 19.0 Å². The van der Waals surface area contributed by atoms with Crippen molar-refractivity contribution < 1.29 is 9.47 Å². The fourth-order valence-corrected chi connectivity index (χ4v) is 3.07. The lowest BCUT2D eigenvalue weighted by molar-refractivity contribution is 0.315. The third-order valence-electron chi connectivity index (χ3n) is 4.08. The van der Waals surface area contributed by atoms with Gasteiger partial charge in [-0.2, -0.15) is 0 Å². The molecule has 0 spiro atoms. The molecule has 0 aliphatic rings. The molecule has 0 aliphatic heterocycles. The van der Waals surface area contributed by atoms with Crippen LogP contribution in [-0.2, 0) is 6.54 Å². The minimum absolute atomic E-state index is 0.591. The Morgan fingerprint density at radius 1 is 1.00 bits per heavy atom. The molecule has 0 aromatic heterocycles. The van der Waals surface area contributed by atoms with E-state index in [4.69, 9.17) is 21.1 Å². The van der Waals surface area contributed by atoms with Crippen molar-refractivity contribution in [1.29, 1.82) is 0 Å². The van der Waals surface area contributed by atoms with E-state index in [1.54, 1.807) is 7.11 Å². The predicted molar refractivity (Wildman–Crippen MR) is 105 cm³/mol. The smallest absolute Gasteiger partial charge is 0.137 e. The fourth-order valence-electron chi connectivity index (χ4n) is 2.81. The van der Waals surface area contributed by atoms with Crippen molar-refractivity contribution in [1.82, 2.24) is 0 Å². The number of hydrogen-bond donors (Lipinski definition) is 1. The molecule has 0 aliphatic carbocycles. The molecule has 0 fully saturated rings. The highest BCUT2D eigenvalue weighted by Gasteiger charge is 2.09. The normalized spacial score (nSPS) is 10.7. The van der Waals surface area contributed by atoms with E-state index < -0.39 is 0 Å². The second-order valence-corrected chi connectivity index (χ2v) is 6.22. The van der Waals surface area contributed by atoms with E-state index in [-0.39, 0.29) is 0 Å². The van der Waals surface area contributed by atoms with Gasteiger partial charge in [-0.15, -0.1) is 0 Å². The van der Waals surface area contributed by atoms with E-state index in [0.717, 1.165) is 23.4 Å². The molecule has 0 saturated heterocycles. The van der Waals surface area contributed by atoms with E-state index in [0.29, 0.717) is 23.9 Å². The minimum atomic E-state index is 0.591. The van der Waals surface area contributed by atoms with Gasteiger partial charge in [-0.25, -0.2) is 0 Å². The Kier molecular flexibility index (Phi) is 5.67. The molecule has 3 nitrogen and oxygen atoms in total. The molecule has 3 aromatic carbocycles. The summed E-state index contributed by atoms with van der Waals surface area (Å²) in [5, 5.41) is 6.43. The summed E-state index contributed by atoms with van der Waals surface area (Å²) in [7, 11) is 1.61. The van der Waals surface area contributed by atoms with E-state index in [9.17, 15) is 0 Å². The molecule has 0 bridgehead atoms. The molecular formula is C21H22ClNO2. The van der Waals surface area contributed by atoms with Crippen molar-refractivity contribution in [3.63, 3.8) is 0 Å². The Hall–Kier alpha value is -2.39. The second-order valence-electron chi connectivity index (χ2n) is 5.81. The summed E-state index contributed by atoms with van der Waals surface area (Å²) in [6.45, 7) is 3.47. The van der Waals surface area contributed by atoms with Crippen molar-refractivity contribution in [2.24, 2.45) is 0 Å². The van der Waals surface area contributed by atoms with Gasteiger partial charge in [0.25, 0.3) is 0 Å². The van der Waals surface area contributed by atoms with Crippen LogP contribution >= 0.6 is 11.6 Å². The third-order valence-corrected chi connectivity index (χ3v) is 4.38. The highest BCUT2D eigenvalue weighted by molar-refractivity contribution is 6.32. The molecule has 4 heteroatoms. The van der Waals surface area contributed by atoms with Crippen LogP contribution in [0.5, 0.6) is 11.5 Å². The zero-order valence-corrected chi connectivity index (χ0v) is 15.3. The molecule has 0 atom stereocenters. The summed E-state index contributed by atoms with van der Waals surface area (Å²) in [6, 6.07) is 18.2. The average Bonchev–Trinajstić information content (AvgIpc) is 2.65. The summed E-state index contributed by atoms with van der Waals surface area (Å²) in [4.78, 5) is 0. The van der Waals surface area contributed by atoms with Crippen LogP contribution in [0.3, 0.4) is 0 Å². The molecule has 0 unspecified atom stereocenters. The molecule has 3 rings (SSSR count). The number of benzene rings is 3. The van der Waals surface area contributed by atoms with Gasteiger partial charge in [-0.3, -0.25) is 0 Å². The number of nitrogens with one attached hydrogen (secondary N) is 1. The van der Waals surface area contributed by atoms with Gasteiger partial charge in [0, 0.05) is 17.8 Å². The Balaban J connectivity index is 1.89. The molecule has 3 aromatic rings. The van der Waals surface area contributed by atoms with Gasteiger partial charge in [0.2, 0.25) is 0 Å². The van der Waals surface area contributed by atoms with Crippen LogP contribution in [0.1, 0.15) is 18.9 Å². The summed E-state index contributed by atoms with van der Waals surface area (Å²) >= 11 is 6.22. The van der Waals surface area contributed by atoms with Crippen LogP contribution in [0.25, 0.3) is 10.8 Å². The first kappa shape index (κ1) is 17.4. The van der Waals surface area contributed by atoms with Gasteiger partial charge < -0.3 is 14.8 Å². The van der Waals surface area contributed by atoms with Crippen molar-refractivity contribution in [2.45, 2.75) is 19.9 Å². The molecular weight excluding hydrogens is 334 g/mol. The Bertz CT molecular complexity index is 864. The Morgan fingerprint density at radius 2 is 1.80 bits per heavy atom. The third kappa shape index (κ3) is 3.99. The molecule has 0 saturated carbocycles. The van der Waals surface area contributed by atoms with Gasteiger partial charge in [-0.1, -0.05) is 48.9 Å². The molecule has 130 valence electrons. The maximum Gasteiger partial charge on any atom is 0.137 e. The monoisotopic (exact) mass is 355 g/mol. The van der Waals surface area contributed by atoms with Gasteiger partial charge in [-0.05, 0) is 41.5 Å². The van der Waals surface area contributed by atoms with E-state index in [1.165, 1.54) is 10.8 Å². The summed E-state index contributed by atoms with van der Waals surface area (Å²) in [6.07, 6.45) is 0.980. The van der Waals surface area contributed by atoms with Gasteiger partial charge in [0.15, 0.2) is 0 Å². The summed E-state index contributed by atoms with van der Waals surface area (Å²) in [5.74, 6) is 1.59. The largest absolute Gasteiger partial charge is 0.495 e. The first-order chi connectivity index (χ1) is 12.2. The van der Waals surface area contributed by atoms with Crippen molar-refractivity contribution in [3.05, 3.63) is 65.2 Å². The molecule has 1 N–H and O–H groups in total. The Labute approximate surface area is 153 Å². The lowest BCUT2D eigenvalue weighted by Gasteiger charge is -2.16. The highest BCUT2D eigenvalue weighted by atomic mass is 35.5. The lowest BCUT2D eigenvalue weighted by atomic mass is 10.0. The fraction of sp³-hybridized carbons (Fsp3) is 0.238. The number of fused-ring (bicyclic) bond motifs is 1. The van der Waals surface area contributed by atoms with Crippen LogP contribution < -0.4 is 14.8 Å². The van der Waals surface area contributed by atoms with E-state index in [2.05, 4.69) is 48.6 Å². The SMILES string of the molecule is CCCOc1ccc2ccccc2c1CNc1ccc(OC)c(Cl)c1. The quantitative estimate of drug-likeness (QED) is 0.572. The van der Waals surface area contributed by atoms with Gasteiger partial charge in [0.05, 0.1) is 18.7 Å². The first-order valence-electron chi connectivity index (χ1n) is 8.43. The van der Waals surface area contributed by atoms with Crippen LogP contribution in [0.4, 0.5) is 5.69 Å². The molecule has 0 radical (unpaired) electrons. The lowest BCUT2D eigenvalue weighted by Crippen LogP contribution is -2.05. The molecule has 0 amide bonds. The number of rotatable bonds is 7.